The molecule has 0 amide bonds. The van der Waals surface area contributed by atoms with Gasteiger partial charge in [-0.3, -0.25) is 4.99 Å². The summed E-state index contributed by atoms with van der Waals surface area (Å²) in [4.78, 5) is 4.68. The molecule has 0 saturated heterocycles. The first-order chi connectivity index (χ1) is 7.72. The van der Waals surface area contributed by atoms with Gasteiger partial charge in [0.15, 0.2) is 0 Å². The Bertz CT molecular complexity index is 444. The van der Waals surface area contributed by atoms with Gasteiger partial charge < -0.3 is 4.74 Å². The highest BCUT2D eigenvalue weighted by Crippen LogP contribution is 2.34. The largest absolute Gasteiger partial charge is 0.490 e. The standard InChI is InChI=1S/C14H17NO/c1-9(2)13-7-10-3-4-12(8-14(10)15-13)16-11-5-6-11/h3-4,8-9,11H,5-7H2,1-2H3. The SMILES string of the molecule is CC(C)C1=Nc2cc(OC3CC3)ccc2C1. The third-order valence-corrected chi connectivity index (χ3v) is 3.19. The van der Waals surface area contributed by atoms with Crippen LogP contribution in [-0.4, -0.2) is 11.8 Å². The average Bonchev–Trinajstić information content (AvgIpc) is 2.95. The van der Waals surface area contributed by atoms with Crippen molar-refractivity contribution in [2.75, 3.05) is 0 Å². The van der Waals surface area contributed by atoms with Gasteiger partial charge in [0.1, 0.15) is 5.75 Å². The molecule has 16 heavy (non-hydrogen) atoms. The molecule has 2 heteroatoms. The Hall–Kier alpha value is -1.31. The van der Waals surface area contributed by atoms with Gasteiger partial charge in [0.25, 0.3) is 0 Å². The molecule has 1 fully saturated rings. The Kier molecular flexibility index (Phi) is 2.23. The molecule has 3 rings (SSSR count). The number of ether oxygens (including phenoxy) is 1. The van der Waals surface area contributed by atoms with E-state index in [1.54, 1.807) is 0 Å². The van der Waals surface area contributed by atoms with Crippen LogP contribution in [0.4, 0.5) is 5.69 Å². The Morgan fingerprint density at radius 2 is 2.12 bits per heavy atom. The van der Waals surface area contributed by atoms with Gasteiger partial charge in [-0.2, -0.15) is 0 Å². The van der Waals surface area contributed by atoms with Crippen molar-refractivity contribution in [1.82, 2.24) is 0 Å². The maximum Gasteiger partial charge on any atom is 0.121 e. The molecule has 1 heterocycles. The lowest BCUT2D eigenvalue weighted by molar-refractivity contribution is 0.303. The molecule has 0 N–H and O–H groups in total. The minimum Gasteiger partial charge on any atom is -0.490 e. The third kappa shape index (κ3) is 1.84. The number of rotatable bonds is 3. The molecule has 0 unspecified atom stereocenters. The lowest BCUT2D eigenvalue weighted by Gasteiger charge is -2.05. The summed E-state index contributed by atoms with van der Waals surface area (Å²) in [5, 5.41) is 0. The molecule has 1 aromatic rings. The summed E-state index contributed by atoms with van der Waals surface area (Å²) in [6, 6.07) is 6.32. The molecule has 2 nitrogen and oxygen atoms in total. The Morgan fingerprint density at radius 3 is 2.81 bits per heavy atom. The lowest BCUT2D eigenvalue weighted by Crippen LogP contribution is -2.06. The van der Waals surface area contributed by atoms with E-state index in [-0.39, 0.29) is 0 Å². The number of hydrogen-bond donors (Lipinski definition) is 0. The fourth-order valence-corrected chi connectivity index (χ4v) is 1.97. The van der Waals surface area contributed by atoms with Crippen LogP contribution >= 0.6 is 0 Å². The van der Waals surface area contributed by atoms with Gasteiger partial charge in [-0.25, -0.2) is 0 Å². The third-order valence-electron chi connectivity index (χ3n) is 3.19. The smallest absolute Gasteiger partial charge is 0.121 e. The average molecular weight is 215 g/mol. The number of nitrogens with zero attached hydrogens (tertiary/aromatic N) is 1. The maximum atomic E-state index is 5.78. The summed E-state index contributed by atoms with van der Waals surface area (Å²) in [7, 11) is 0. The van der Waals surface area contributed by atoms with Gasteiger partial charge in [0.2, 0.25) is 0 Å². The highest BCUT2D eigenvalue weighted by molar-refractivity contribution is 5.95. The number of hydrogen-bond acceptors (Lipinski definition) is 2. The second-order valence-electron chi connectivity index (χ2n) is 5.04. The van der Waals surface area contributed by atoms with E-state index < -0.39 is 0 Å². The van der Waals surface area contributed by atoms with Crippen molar-refractivity contribution in [2.45, 2.75) is 39.2 Å². The van der Waals surface area contributed by atoms with Crippen LogP contribution in [0.15, 0.2) is 23.2 Å². The maximum absolute atomic E-state index is 5.78. The van der Waals surface area contributed by atoms with Crippen LogP contribution in [0.25, 0.3) is 0 Å². The first-order valence-electron chi connectivity index (χ1n) is 6.09. The van der Waals surface area contributed by atoms with Crippen molar-refractivity contribution in [3.05, 3.63) is 23.8 Å². The van der Waals surface area contributed by atoms with Crippen molar-refractivity contribution in [1.29, 1.82) is 0 Å². The van der Waals surface area contributed by atoms with Gasteiger partial charge in [-0.15, -0.1) is 0 Å². The Morgan fingerprint density at radius 1 is 1.31 bits per heavy atom. The van der Waals surface area contributed by atoms with E-state index in [4.69, 9.17) is 4.74 Å². The van der Waals surface area contributed by atoms with Crippen LogP contribution in [0.2, 0.25) is 0 Å². The molecule has 1 aromatic carbocycles. The first-order valence-corrected chi connectivity index (χ1v) is 6.09. The van der Waals surface area contributed by atoms with Gasteiger partial charge in [0.05, 0.1) is 11.8 Å². The zero-order valence-electron chi connectivity index (χ0n) is 9.86. The summed E-state index contributed by atoms with van der Waals surface area (Å²) in [5.74, 6) is 1.52. The van der Waals surface area contributed by atoms with E-state index in [2.05, 4.69) is 37.0 Å². The van der Waals surface area contributed by atoms with Crippen molar-refractivity contribution in [2.24, 2.45) is 10.9 Å². The van der Waals surface area contributed by atoms with E-state index in [0.717, 1.165) is 17.9 Å². The summed E-state index contributed by atoms with van der Waals surface area (Å²) in [5.41, 5.74) is 3.74. The molecule has 84 valence electrons. The van der Waals surface area contributed by atoms with Gasteiger partial charge in [0, 0.05) is 18.2 Å². The van der Waals surface area contributed by atoms with E-state index in [0.29, 0.717) is 12.0 Å². The zero-order chi connectivity index (χ0) is 11.1. The van der Waals surface area contributed by atoms with Crippen molar-refractivity contribution in [3.8, 4) is 5.75 Å². The van der Waals surface area contributed by atoms with Crippen LogP contribution < -0.4 is 4.74 Å². The van der Waals surface area contributed by atoms with Crippen molar-refractivity contribution >= 4 is 11.4 Å². The number of fused-ring (bicyclic) bond motifs is 1. The summed E-state index contributed by atoms with van der Waals surface area (Å²) in [6.45, 7) is 4.40. The van der Waals surface area contributed by atoms with Crippen LogP contribution in [-0.2, 0) is 6.42 Å². The van der Waals surface area contributed by atoms with Crippen LogP contribution in [0.5, 0.6) is 5.75 Å². The van der Waals surface area contributed by atoms with E-state index in [1.165, 1.54) is 24.1 Å². The highest BCUT2D eigenvalue weighted by atomic mass is 16.5. The Balaban J connectivity index is 1.84. The van der Waals surface area contributed by atoms with E-state index >= 15 is 0 Å². The molecule has 1 saturated carbocycles. The summed E-state index contributed by atoms with van der Waals surface area (Å²) in [6.07, 6.45) is 3.89. The van der Waals surface area contributed by atoms with Gasteiger partial charge in [-0.1, -0.05) is 19.9 Å². The van der Waals surface area contributed by atoms with Crippen LogP contribution in [0.3, 0.4) is 0 Å². The molecule has 2 aliphatic rings. The second kappa shape index (κ2) is 3.62. The van der Waals surface area contributed by atoms with E-state index in [1.807, 2.05) is 0 Å². The molecular formula is C14H17NO. The normalized spacial score (nSPS) is 18.6. The second-order valence-corrected chi connectivity index (χ2v) is 5.04. The fraction of sp³-hybridized carbons (Fsp3) is 0.500. The highest BCUT2D eigenvalue weighted by Gasteiger charge is 2.24. The van der Waals surface area contributed by atoms with E-state index in [9.17, 15) is 0 Å². The summed E-state index contributed by atoms with van der Waals surface area (Å²) >= 11 is 0. The molecular weight excluding hydrogens is 198 g/mol. The predicted molar refractivity (Wildman–Crippen MR) is 65.7 cm³/mol. The Labute approximate surface area is 96.3 Å². The minimum atomic E-state index is 0.466. The molecule has 1 aliphatic carbocycles. The quantitative estimate of drug-likeness (QED) is 0.756. The monoisotopic (exact) mass is 215 g/mol. The predicted octanol–water partition coefficient (Wildman–Crippen LogP) is 3.51. The lowest BCUT2D eigenvalue weighted by atomic mass is 10.0. The van der Waals surface area contributed by atoms with Crippen LogP contribution in [0.1, 0.15) is 32.3 Å². The van der Waals surface area contributed by atoms with Crippen molar-refractivity contribution in [3.63, 3.8) is 0 Å². The zero-order valence-corrected chi connectivity index (χ0v) is 9.86. The van der Waals surface area contributed by atoms with Gasteiger partial charge >= 0.3 is 0 Å². The van der Waals surface area contributed by atoms with Crippen LogP contribution in [0, 0.1) is 5.92 Å². The first kappa shape index (κ1) is 9.88. The molecule has 0 atom stereocenters. The molecule has 0 spiro atoms. The van der Waals surface area contributed by atoms with Gasteiger partial charge in [-0.05, 0) is 30.4 Å². The molecule has 1 aliphatic heterocycles. The minimum absolute atomic E-state index is 0.466. The van der Waals surface area contributed by atoms with Crippen molar-refractivity contribution < 1.29 is 4.74 Å². The fourth-order valence-electron chi connectivity index (χ4n) is 1.97. The topological polar surface area (TPSA) is 21.6 Å². The molecule has 0 aromatic heterocycles. The summed E-state index contributed by atoms with van der Waals surface area (Å²) < 4.78 is 5.78. The number of benzene rings is 1. The molecule has 0 bridgehead atoms. The molecule has 0 radical (unpaired) electrons. The number of aliphatic imine (C=N–C) groups is 1.